The van der Waals surface area contributed by atoms with Gasteiger partial charge in [-0.25, -0.2) is 4.79 Å². The fourth-order valence-corrected chi connectivity index (χ4v) is 1.55. The van der Waals surface area contributed by atoms with Crippen LogP contribution in [0.3, 0.4) is 0 Å². The van der Waals surface area contributed by atoms with Crippen molar-refractivity contribution in [3.05, 3.63) is 0 Å². The van der Waals surface area contributed by atoms with Crippen molar-refractivity contribution in [1.82, 2.24) is 10.2 Å². The summed E-state index contributed by atoms with van der Waals surface area (Å²) in [6.07, 6.45) is 0.560. The number of aliphatic carboxylic acids is 1. The van der Waals surface area contributed by atoms with Crippen molar-refractivity contribution in [1.29, 1.82) is 0 Å². The molecular weight excluding hydrogens is 196 g/mol. The zero-order valence-corrected chi connectivity index (χ0v) is 9.19. The molecule has 2 N–H and O–H groups in total. The zero-order valence-electron chi connectivity index (χ0n) is 9.19. The van der Waals surface area contributed by atoms with E-state index in [1.165, 1.54) is 0 Å². The van der Waals surface area contributed by atoms with Gasteiger partial charge in [-0.15, -0.1) is 0 Å². The number of carboxylic acids is 1. The molecule has 0 radical (unpaired) electrons. The number of amides is 2. The van der Waals surface area contributed by atoms with Gasteiger partial charge in [-0.1, -0.05) is 13.8 Å². The molecule has 2 amide bonds. The standard InChI is InChI=1S/C10H18N2O3/c1-7(2)5-11-10(15)12-4-3-8(6-12)9(13)14/h7-8H,3-6H2,1-2H3,(H,11,15)(H,13,14). The maximum Gasteiger partial charge on any atom is 0.317 e. The molecule has 0 aromatic rings. The number of likely N-dealkylation sites (tertiary alicyclic amines) is 1. The highest BCUT2D eigenvalue weighted by Gasteiger charge is 2.30. The van der Waals surface area contributed by atoms with Crippen molar-refractivity contribution in [3.8, 4) is 0 Å². The minimum Gasteiger partial charge on any atom is -0.481 e. The maximum atomic E-state index is 11.5. The normalized spacial score (nSPS) is 20.7. The van der Waals surface area contributed by atoms with Gasteiger partial charge in [0.15, 0.2) is 0 Å². The van der Waals surface area contributed by atoms with E-state index in [9.17, 15) is 9.59 Å². The SMILES string of the molecule is CC(C)CNC(=O)N1CCC(C(=O)O)C1. The summed E-state index contributed by atoms with van der Waals surface area (Å²) in [5.74, 6) is -0.796. The Balaban J connectivity index is 2.33. The highest BCUT2D eigenvalue weighted by Crippen LogP contribution is 2.15. The van der Waals surface area contributed by atoms with Gasteiger partial charge in [0.1, 0.15) is 0 Å². The monoisotopic (exact) mass is 214 g/mol. The van der Waals surface area contributed by atoms with Gasteiger partial charge in [-0.3, -0.25) is 4.79 Å². The summed E-state index contributed by atoms with van der Waals surface area (Å²) in [5.41, 5.74) is 0. The third-order valence-electron chi connectivity index (χ3n) is 2.49. The molecule has 0 saturated carbocycles. The van der Waals surface area contributed by atoms with Crippen LogP contribution in [0.25, 0.3) is 0 Å². The topological polar surface area (TPSA) is 69.6 Å². The Bertz CT molecular complexity index is 253. The van der Waals surface area contributed by atoms with Crippen LogP contribution in [-0.4, -0.2) is 41.6 Å². The van der Waals surface area contributed by atoms with Crippen LogP contribution < -0.4 is 5.32 Å². The second-order valence-corrected chi connectivity index (χ2v) is 4.35. The minimum atomic E-state index is -0.811. The molecule has 1 fully saturated rings. The van der Waals surface area contributed by atoms with E-state index < -0.39 is 11.9 Å². The van der Waals surface area contributed by atoms with Crippen LogP contribution in [0, 0.1) is 11.8 Å². The Morgan fingerprint density at radius 2 is 2.20 bits per heavy atom. The minimum absolute atomic E-state index is 0.146. The highest BCUT2D eigenvalue weighted by molar-refractivity contribution is 5.77. The molecule has 1 saturated heterocycles. The lowest BCUT2D eigenvalue weighted by molar-refractivity contribution is -0.141. The Labute approximate surface area is 89.4 Å². The van der Waals surface area contributed by atoms with Gasteiger partial charge in [0.2, 0.25) is 0 Å². The molecule has 0 aliphatic carbocycles. The number of hydrogen-bond acceptors (Lipinski definition) is 2. The van der Waals surface area contributed by atoms with E-state index in [-0.39, 0.29) is 6.03 Å². The van der Waals surface area contributed by atoms with Crippen molar-refractivity contribution >= 4 is 12.0 Å². The van der Waals surface area contributed by atoms with Crippen molar-refractivity contribution in [2.24, 2.45) is 11.8 Å². The number of carboxylic acid groups (broad SMARTS) is 1. The number of rotatable bonds is 3. The van der Waals surface area contributed by atoms with E-state index in [0.717, 1.165) is 0 Å². The van der Waals surface area contributed by atoms with Crippen molar-refractivity contribution in [3.63, 3.8) is 0 Å². The molecule has 15 heavy (non-hydrogen) atoms. The third-order valence-corrected chi connectivity index (χ3v) is 2.49. The molecule has 0 spiro atoms. The summed E-state index contributed by atoms with van der Waals surface area (Å²) in [5, 5.41) is 11.6. The van der Waals surface area contributed by atoms with E-state index >= 15 is 0 Å². The molecule has 1 aliphatic rings. The fraction of sp³-hybridized carbons (Fsp3) is 0.800. The van der Waals surface area contributed by atoms with Gasteiger partial charge in [-0.05, 0) is 12.3 Å². The van der Waals surface area contributed by atoms with Crippen molar-refractivity contribution < 1.29 is 14.7 Å². The Morgan fingerprint density at radius 1 is 1.53 bits per heavy atom. The van der Waals surface area contributed by atoms with E-state index in [1.54, 1.807) is 4.90 Å². The smallest absolute Gasteiger partial charge is 0.317 e. The predicted octanol–water partition coefficient (Wildman–Crippen LogP) is 0.759. The third kappa shape index (κ3) is 3.42. The highest BCUT2D eigenvalue weighted by atomic mass is 16.4. The number of nitrogens with one attached hydrogen (secondary N) is 1. The molecule has 86 valence electrons. The molecule has 1 atom stereocenters. The molecule has 1 rings (SSSR count). The summed E-state index contributed by atoms with van der Waals surface area (Å²) in [4.78, 5) is 23.8. The Hall–Kier alpha value is -1.26. The first-order chi connectivity index (χ1) is 7.00. The average molecular weight is 214 g/mol. The summed E-state index contributed by atoms with van der Waals surface area (Å²) >= 11 is 0. The van der Waals surface area contributed by atoms with E-state index in [2.05, 4.69) is 5.32 Å². The van der Waals surface area contributed by atoms with Crippen LogP contribution in [0.5, 0.6) is 0 Å². The zero-order chi connectivity index (χ0) is 11.4. The quantitative estimate of drug-likeness (QED) is 0.728. The first kappa shape index (κ1) is 11.8. The van der Waals surface area contributed by atoms with Crippen molar-refractivity contribution in [2.75, 3.05) is 19.6 Å². The largest absolute Gasteiger partial charge is 0.481 e. The molecule has 0 aromatic heterocycles. The molecule has 0 aromatic carbocycles. The van der Waals surface area contributed by atoms with Crippen LogP contribution in [0.15, 0.2) is 0 Å². The van der Waals surface area contributed by atoms with Crippen molar-refractivity contribution in [2.45, 2.75) is 20.3 Å². The lowest BCUT2D eigenvalue weighted by Gasteiger charge is -2.17. The van der Waals surface area contributed by atoms with Gasteiger partial charge in [0, 0.05) is 19.6 Å². The summed E-state index contributed by atoms with van der Waals surface area (Å²) < 4.78 is 0. The molecule has 5 heteroatoms. The second kappa shape index (κ2) is 5.00. The maximum absolute atomic E-state index is 11.5. The summed E-state index contributed by atoms with van der Waals surface area (Å²) in [6.45, 7) is 5.54. The van der Waals surface area contributed by atoms with Crippen LogP contribution in [0.1, 0.15) is 20.3 Å². The van der Waals surface area contributed by atoms with Crippen LogP contribution in [0.2, 0.25) is 0 Å². The fourth-order valence-electron chi connectivity index (χ4n) is 1.55. The van der Waals surface area contributed by atoms with E-state index in [0.29, 0.717) is 32.0 Å². The number of urea groups is 1. The predicted molar refractivity (Wildman–Crippen MR) is 55.6 cm³/mol. The summed E-state index contributed by atoms with van der Waals surface area (Å²) in [6, 6.07) is -0.146. The molecule has 1 unspecified atom stereocenters. The molecular formula is C10H18N2O3. The first-order valence-electron chi connectivity index (χ1n) is 5.26. The van der Waals surface area contributed by atoms with E-state index in [1.807, 2.05) is 13.8 Å². The first-order valence-corrected chi connectivity index (χ1v) is 5.26. The number of hydrogen-bond donors (Lipinski definition) is 2. The summed E-state index contributed by atoms with van der Waals surface area (Å²) in [7, 11) is 0. The van der Waals surface area contributed by atoms with Crippen LogP contribution in [-0.2, 0) is 4.79 Å². The average Bonchev–Trinajstić information content (AvgIpc) is 2.62. The lowest BCUT2D eigenvalue weighted by atomic mass is 10.1. The van der Waals surface area contributed by atoms with Crippen LogP contribution >= 0.6 is 0 Å². The molecule has 5 nitrogen and oxygen atoms in total. The lowest BCUT2D eigenvalue weighted by Crippen LogP contribution is -2.40. The number of carbonyl (C=O) groups is 2. The number of nitrogens with zero attached hydrogens (tertiary/aromatic N) is 1. The van der Waals surface area contributed by atoms with Gasteiger partial charge in [0.25, 0.3) is 0 Å². The molecule has 1 aliphatic heterocycles. The Morgan fingerprint density at radius 3 is 2.67 bits per heavy atom. The van der Waals surface area contributed by atoms with Crippen LogP contribution in [0.4, 0.5) is 4.79 Å². The second-order valence-electron chi connectivity index (χ2n) is 4.35. The van der Waals surface area contributed by atoms with Gasteiger partial charge in [0.05, 0.1) is 5.92 Å². The van der Waals surface area contributed by atoms with Gasteiger partial charge < -0.3 is 15.3 Å². The Kier molecular flexibility index (Phi) is 3.94. The molecule has 1 heterocycles. The van der Waals surface area contributed by atoms with Gasteiger partial charge in [-0.2, -0.15) is 0 Å². The van der Waals surface area contributed by atoms with Gasteiger partial charge >= 0.3 is 12.0 Å². The molecule has 0 bridgehead atoms. The number of carbonyl (C=O) groups excluding carboxylic acids is 1. The van der Waals surface area contributed by atoms with E-state index in [4.69, 9.17) is 5.11 Å².